The number of rotatable bonds is 7. The molecule has 4 fully saturated rings. The van der Waals surface area contributed by atoms with E-state index in [4.69, 9.17) is 18.5 Å². The van der Waals surface area contributed by atoms with Crippen LogP contribution in [-0.2, 0) is 26.4 Å². The van der Waals surface area contributed by atoms with Crippen LogP contribution >= 0.6 is 0 Å². The first kappa shape index (κ1) is 25.4. The molecule has 7 rings (SSSR count). The van der Waals surface area contributed by atoms with Crippen molar-refractivity contribution in [2.24, 2.45) is 17.3 Å². The number of hydrogen-bond acceptors (Lipinski definition) is 5. The third-order valence-electron chi connectivity index (χ3n) is 9.35. The molecule has 9 heteroatoms. The van der Waals surface area contributed by atoms with Crippen molar-refractivity contribution in [1.82, 2.24) is 5.32 Å². The van der Waals surface area contributed by atoms with Crippen LogP contribution in [0.3, 0.4) is 0 Å². The molecule has 3 aliphatic carbocycles. The van der Waals surface area contributed by atoms with E-state index in [0.29, 0.717) is 23.2 Å². The number of amides is 1. The number of hydrogen-bond donors (Lipinski definition) is 1. The Morgan fingerprint density at radius 2 is 1.89 bits per heavy atom. The van der Waals surface area contributed by atoms with Crippen molar-refractivity contribution in [3.8, 4) is 5.75 Å². The molecular weight excluding hydrogens is 491 g/mol. The molecule has 2 unspecified atom stereocenters. The minimum absolute atomic E-state index is 0.129. The lowest BCUT2D eigenvalue weighted by Gasteiger charge is -2.64. The van der Waals surface area contributed by atoms with Crippen LogP contribution in [0.2, 0.25) is 0 Å². The number of carbonyl (C=O) groups excluding carboxylic acids is 1. The van der Waals surface area contributed by atoms with Gasteiger partial charge in [-0.25, -0.2) is 0 Å². The van der Waals surface area contributed by atoms with Gasteiger partial charge in [0.15, 0.2) is 0 Å². The molecule has 1 amide bonds. The summed E-state index contributed by atoms with van der Waals surface area (Å²) in [4.78, 5) is 13.1. The maximum atomic E-state index is 15.4. The zero-order valence-corrected chi connectivity index (χ0v) is 22.0. The highest BCUT2D eigenvalue weighted by Gasteiger charge is 2.68. The molecule has 200 valence electrons. The molecule has 5 atom stereocenters. The molecule has 2 bridgehead atoms. The van der Waals surface area contributed by atoms with Crippen LogP contribution in [-0.4, -0.2) is 37.8 Å². The van der Waals surface area contributed by atoms with E-state index in [1.807, 2.05) is 24.3 Å². The lowest BCUT2D eigenvalue weighted by Crippen LogP contribution is -2.65. The second-order valence-electron chi connectivity index (χ2n) is 11.7. The number of benzene rings is 2. The van der Waals surface area contributed by atoms with Crippen LogP contribution in [0.5, 0.6) is 5.75 Å². The van der Waals surface area contributed by atoms with E-state index in [0.717, 1.165) is 23.8 Å². The molecule has 38 heavy (non-hydrogen) atoms. The smallest absolute Gasteiger partial charge is 0.482 e. The maximum absolute atomic E-state index is 15.4. The summed E-state index contributed by atoms with van der Waals surface area (Å²) in [5, 5.41) is 3.45. The Kier molecular flexibility index (Phi) is 5.89. The van der Waals surface area contributed by atoms with Gasteiger partial charge in [-0.15, -0.1) is 0 Å². The Hall–Kier alpha value is -2.91. The molecule has 3 aromatic rings. The van der Waals surface area contributed by atoms with E-state index in [-0.39, 0.29) is 17.9 Å². The average Bonchev–Trinajstić information content (AvgIpc) is 3.48. The minimum Gasteiger partial charge on any atom is -0.497 e. The first-order chi connectivity index (χ1) is 18.0. The maximum Gasteiger partial charge on any atom is 0.482 e. The molecule has 0 radical (unpaired) electrons. The van der Waals surface area contributed by atoms with Crippen molar-refractivity contribution in [1.29, 1.82) is 0 Å². The van der Waals surface area contributed by atoms with Gasteiger partial charge in [0.05, 0.1) is 31.0 Å². The number of furan rings is 1. The molecule has 2 heterocycles. The minimum atomic E-state index is -3.76. The number of carbonyl (C=O) groups is 1. The predicted octanol–water partition coefficient (Wildman–Crippen LogP) is 5.53. The van der Waals surface area contributed by atoms with Crippen LogP contribution in [0.4, 0.5) is 8.78 Å². The highest BCUT2D eigenvalue weighted by Crippen LogP contribution is 2.65. The predicted molar refractivity (Wildman–Crippen MR) is 139 cm³/mol. The summed E-state index contributed by atoms with van der Waals surface area (Å²) < 4.78 is 54.4. The molecule has 1 N–H and O–H groups in total. The molecule has 0 spiro atoms. The zero-order chi connectivity index (χ0) is 26.9. The standard InChI is InChI=1S/C29H32BF2NO5/c1-27(2)19-14-23(27)28(3)24(15-19)37-30(38-28)25(13-17-16-36-22-8-6-5-7-21(17)22)33-26(34)29(31,32)18-9-11-20(35-4)12-10-18/h5-12,16,19,23-25H,13-15H2,1-4H3,(H,33,34)/t19?,23?,24-,25+,28+/m1/s1. The van der Waals surface area contributed by atoms with Gasteiger partial charge in [-0.2, -0.15) is 8.78 Å². The third kappa shape index (κ3) is 3.85. The number of alkyl halides is 2. The van der Waals surface area contributed by atoms with Crippen molar-refractivity contribution in [3.63, 3.8) is 0 Å². The Bertz CT molecular complexity index is 1360. The normalized spacial score (nSPS) is 28.5. The van der Waals surface area contributed by atoms with Gasteiger partial charge in [-0.3, -0.25) is 4.79 Å². The number of methoxy groups -OCH3 is 1. The van der Waals surface area contributed by atoms with Crippen molar-refractivity contribution in [2.45, 2.75) is 63.6 Å². The first-order valence-corrected chi connectivity index (χ1v) is 13.2. The van der Waals surface area contributed by atoms with E-state index in [2.05, 4.69) is 26.1 Å². The summed E-state index contributed by atoms with van der Waals surface area (Å²) in [6.45, 7) is 6.59. The van der Waals surface area contributed by atoms with Crippen LogP contribution in [0.25, 0.3) is 11.0 Å². The molecule has 1 aromatic heterocycles. The van der Waals surface area contributed by atoms with Crippen LogP contribution in [0, 0.1) is 17.3 Å². The first-order valence-electron chi connectivity index (χ1n) is 13.2. The van der Waals surface area contributed by atoms with E-state index < -0.39 is 36.1 Å². The number of fused-ring (bicyclic) bond motifs is 1. The summed E-state index contributed by atoms with van der Waals surface area (Å²) in [7, 11) is 0.582. The van der Waals surface area contributed by atoms with Crippen molar-refractivity contribution >= 4 is 24.0 Å². The van der Waals surface area contributed by atoms with Gasteiger partial charge in [0.25, 0.3) is 5.91 Å². The fourth-order valence-corrected chi connectivity index (χ4v) is 6.90. The summed E-state index contributed by atoms with van der Waals surface area (Å²) in [5.74, 6) is -4.75. The molecular formula is C29H32BF2NO5. The summed E-state index contributed by atoms with van der Waals surface area (Å²) in [6, 6.07) is 12.7. The number of halogens is 2. The van der Waals surface area contributed by atoms with Gasteiger partial charge >= 0.3 is 13.0 Å². The van der Waals surface area contributed by atoms with Crippen molar-refractivity contribution < 1.29 is 32.0 Å². The number of nitrogens with one attached hydrogen (secondary N) is 1. The van der Waals surface area contributed by atoms with Crippen LogP contribution in [0.1, 0.15) is 44.7 Å². The summed E-state index contributed by atoms with van der Waals surface area (Å²) in [6.07, 6.45) is 3.59. The zero-order valence-electron chi connectivity index (χ0n) is 22.0. The lowest BCUT2D eigenvalue weighted by molar-refractivity contribution is -0.199. The number of ether oxygens (including phenoxy) is 1. The summed E-state index contributed by atoms with van der Waals surface area (Å²) in [5.41, 5.74) is 0.649. The highest BCUT2D eigenvalue weighted by molar-refractivity contribution is 6.48. The molecule has 1 aliphatic heterocycles. The van der Waals surface area contributed by atoms with Gasteiger partial charge < -0.3 is 23.8 Å². The monoisotopic (exact) mass is 523 g/mol. The molecule has 4 aliphatic rings. The van der Waals surface area contributed by atoms with Gasteiger partial charge in [-0.1, -0.05) is 32.0 Å². The molecule has 3 saturated carbocycles. The van der Waals surface area contributed by atoms with E-state index in [1.54, 1.807) is 6.26 Å². The fraction of sp³-hybridized carbons (Fsp3) is 0.483. The topological polar surface area (TPSA) is 69.9 Å². The van der Waals surface area contributed by atoms with Crippen LogP contribution in [0.15, 0.2) is 59.2 Å². The lowest BCUT2D eigenvalue weighted by atomic mass is 9.43. The second kappa shape index (κ2) is 8.81. The molecule has 1 saturated heterocycles. The van der Waals surface area contributed by atoms with E-state index in [9.17, 15) is 4.79 Å². The molecule has 6 nitrogen and oxygen atoms in total. The number of para-hydroxylation sites is 1. The largest absolute Gasteiger partial charge is 0.497 e. The van der Waals surface area contributed by atoms with Crippen molar-refractivity contribution in [3.05, 3.63) is 65.9 Å². The van der Waals surface area contributed by atoms with Crippen LogP contribution < -0.4 is 10.1 Å². The van der Waals surface area contributed by atoms with Crippen molar-refractivity contribution in [2.75, 3.05) is 7.11 Å². The third-order valence-corrected chi connectivity index (χ3v) is 9.35. The highest BCUT2D eigenvalue weighted by atomic mass is 19.3. The fourth-order valence-electron chi connectivity index (χ4n) is 6.90. The Morgan fingerprint density at radius 3 is 2.61 bits per heavy atom. The Morgan fingerprint density at radius 1 is 1.16 bits per heavy atom. The quantitative estimate of drug-likeness (QED) is 0.413. The van der Waals surface area contributed by atoms with Gasteiger partial charge in [0.1, 0.15) is 11.3 Å². The van der Waals surface area contributed by atoms with Gasteiger partial charge in [-0.05, 0) is 79.3 Å². The summed E-state index contributed by atoms with van der Waals surface area (Å²) >= 11 is 0. The van der Waals surface area contributed by atoms with E-state index in [1.165, 1.54) is 31.4 Å². The second-order valence-corrected chi connectivity index (χ2v) is 11.7. The van der Waals surface area contributed by atoms with Gasteiger partial charge in [0.2, 0.25) is 0 Å². The SMILES string of the molecule is COc1ccc(C(F)(F)C(=O)N[C@@H](Cc2coc3ccccc23)B2O[C@@H]3CC4CC(C4(C)C)[C@]3(C)O2)cc1. The van der Waals surface area contributed by atoms with Gasteiger partial charge in [0, 0.05) is 10.9 Å². The Balaban J connectivity index is 1.29. The average molecular weight is 523 g/mol. The Labute approximate surface area is 221 Å². The molecule has 2 aromatic carbocycles. The van der Waals surface area contributed by atoms with E-state index >= 15 is 8.78 Å².